The molecule has 1 fully saturated rings. The summed E-state index contributed by atoms with van der Waals surface area (Å²) in [4.78, 5) is 11.9. The Morgan fingerprint density at radius 3 is 2.29 bits per heavy atom. The monoisotopic (exact) mass is 304 g/mol. The minimum absolute atomic E-state index is 0.339. The number of carbonyl (C=O) groups is 1. The molecule has 0 amide bonds. The van der Waals surface area contributed by atoms with E-state index in [1.54, 1.807) is 0 Å². The van der Waals surface area contributed by atoms with Gasteiger partial charge in [-0.15, -0.1) is 0 Å². The van der Waals surface area contributed by atoms with E-state index in [4.69, 9.17) is 4.74 Å². The number of carbonyl (C=O) groups excluding carboxylic acids is 1. The van der Waals surface area contributed by atoms with Crippen LogP contribution in [-0.4, -0.2) is 12.1 Å². The number of hydrogen-bond acceptors (Lipinski definition) is 2. The summed E-state index contributed by atoms with van der Waals surface area (Å²) in [5.41, 5.74) is -2.10. The fourth-order valence-electron chi connectivity index (χ4n) is 2.48. The maximum absolute atomic E-state index is 13.8. The number of benzene rings is 1. The second kappa shape index (κ2) is 6.45. The molecular weight excluding hydrogens is 288 g/mol. The van der Waals surface area contributed by atoms with E-state index >= 15 is 0 Å². The van der Waals surface area contributed by atoms with Crippen molar-refractivity contribution in [2.45, 2.75) is 50.8 Å². The van der Waals surface area contributed by atoms with Crippen LogP contribution >= 0.6 is 0 Å². The van der Waals surface area contributed by atoms with Crippen molar-refractivity contribution in [3.05, 3.63) is 35.1 Å². The van der Waals surface area contributed by atoms with Crippen LogP contribution in [0.25, 0.3) is 0 Å². The summed E-state index contributed by atoms with van der Waals surface area (Å²) in [6.07, 6.45) is 0.0830. The van der Waals surface area contributed by atoms with Gasteiger partial charge in [0.15, 0.2) is 0 Å². The molecule has 1 aliphatic rings. The summed E-state index contributed by atoms with van der Waals surface area (Å²) in [7, 11) is 0. The number of hydrogen-bond donors (Lipinski definition) is 0. The van der Waals surface area contributed by atoms with Gasteiger partial charge in [-0.2, -0.15) is 13.2 Å². The normalized spacial score (nSPS) is 17.3. The van der Waals surface area contributed by atoms with Gasteiger partial charge < -0.3 is 4.74 Å². The van der Waals surface area contributed by atoms with Crippen molar-refractivity contribution >= 4 is 5.97 Å². The third-order valence-electron chi connectivity index (χ3n) is 3.60. The maximum atomic E-state index is 13.8. The molecule has 2 nitrogen and oxygen atoms in total. The molecule has 0 unspecified atom stereocenters. The molecule has 1 aliphatic carbocycles. The fourth-order valence-corrected chi connectivity index (χ4v) is 2.48. The van der Waals surface area contributed by atoms with Gasteiger partial charge >= 0.3 is 12.1 Å². The highest BCUT2D eigenvalue weighted by atomic mass is 19.4. The molecule has 1 aromatic carbocycles. The van der Waals surface area contributed by atoms with Crippen molar-refractivity contribution in [2.24, 2.45) is 0 Å². The summed E-state index contributed by atoms with van der Waals surface area (Å²) >= 11 is 0. The second-order valence-corrected chi connectivity index (χ2v) is 5.18. The average molecular weight is 304 g/mol. The van der Waals surface area contributed by atoms with E-state index in [2.05, 4.69) is 0 Å². The predicted molar refractivity (Wildman–Crippen MR) is 68.3 cm³/mol. The van der Waals surface area contributed by atoms with Crippen molar-refractivity contribution < 1.29 is 27.1 Å². The lowest BCUT2D eigenvalue weighted by atomic mass is 10.1. The van der Waals surface area contributed by atoms with Crippen LogP contribution in [-0.2, 0) is 10.9 Å². The van der Waals surface area contributed by atoms with Crippen molar-refractivity contribution in [2.75, 3.05) is 0 Å². The summed E-state index contributed by atoms with van der Waals surface area (Å²) < 4.78 is 56.8. The van der Waals surface area contributed by atoms with E-state index in [0.29, 0.717) is 18.9 Å². The first-order chi connectivity index (χ1) is 9.89. The lowest BCUT2D eigenvalue weighted by Crippen LogP contribution is -2.20. The van der Waals surface area contributed by atoms with E-state index in [-0.39, 0.29) is 6.10 Å². The lowest BCUT2D eigenvalue weighted by Gasteiger charge is -2.16. The van der Waals surface area contributed by atoms with Crippen LogP contribution in [0.5, 0.6) is 0 Å². The molecule has 0 aromatic heterocycles. The van der Waals surface area contributed by atoms with Gasteiger partial charge in [-0.1, -0.05) is 18.9 Å². The molecule has 0 heterocycles. The fraction of sp³-hybridized carbons (Fsp3) is 0.533. The molecule has 0 saturated heterocycles. The van der Waals surface area contributed by atoms with Crippen LogP contribution in [0, 0.1) is 5.82 Å². The van der Waals surface area contributed by atoms with Crippen LogP contribution in [0.4, 0.5) is 17.6 Å². The molecule has 1 saturated carbocycles. The van der Waals surface area contributed by atoms with E-state index in [1.807, 2.05) is 0 Å². The first kappa shape index (κ1) is 15.8. The summed E-state index contributed by atoms with van der Waals surface area (Å²) in [6.45, 7) is 0. The Labute approximate surface area is 120 Å². The van der Waals surface area contributed by atoms with Gasteiger partial charge in [0.2, 0.25) is 0 Å². The molecular formula is C15H16F4O2. The van der Waals surface area contributed by atoms with E-state index in [9.17, 15) is 22.4 Å². The summed E-state index contributed by atoms with van der Waals surface area (Å²) in [6, 6.07) is 2.64. The van der Waals surface area contributed by atoms with Crippen molar-refractivity contribution in [1.29, 1.82) is 0 Å². The van der Waals surface area contributed by atoms with Crippen LogP contribution in [0.2, 0.25) is 0 Å². The minimum Gasteiger partial charge on any atom is -0.459 e. The Morgan fingerprint density at radius 1 is 1.10 bits per heavy atom. The van der Waals surface area contributed by atoms with Crippen molar-refractivity contribution in [1.82, 2.24) is 0 Å². The molecule has 0 radical (unpaired) electrons. The first-order valence-electron chi connectivity index (χ1n) is 6.96. The third kappa shape index (κ3) is 3.95. The van der Waals surface area contributed by atoms with Gasteiger partial charge in [-0.05, 0) is 37.8 Å². The molecule has 2 rings (SSSR count). The Hall–Kier alpha value is -1.59. The molecule has 0 N–H and O–H groups in total. The first-order valence-corrected chi connectivity index (χ1v) is 6.96. The van der Waals surface area contributed by atoms with Gasteiger partial charge in [0.05, 0.1) is 11.1 Å². The summed E-state index contributed by atoms with van der Waals surface area (Å²) in [5.74, 6) is -2.59. The van der Waals surface area contributed by atoms with Gasteiger partial charge in [0.1, 0.15) is 11.9 Å². The molecule has 21 heavy (non-hydrogen) atoms. The average Bonchev–Trinajstić information content (AvgIpc) is 2.66. The van der Waals surface area contributed by atoms with Crippen LogP contribution in [0.3, 0.4) is 0 Å². The Morgan fingerprint density at radius 2 is 1.71 bits per heavy atom. The highest BCUT2D eigenvalue weighted by Gasteiger charge is 2.36. The SMILES string of the molecule is O=C(OC1CCCCCC1)c1cccc(C(F)(F)F)c1F. The van der Waals surface area contributed by atoms with Gasteiger partial charge in [0, 0.05) is 0 Å². The Balaban J connectivity index is 2.15. The second-order valence-electron chi connectivity index (χ2n) is 5.18. The van der Waals surface area contributed by atoms with Crippen LogP contribution in [0.15, 0.2) is 18.2 Å². The highest BCUT2D eigenvalue weighted by Crippen LogP contribution is 2.32. The number of ether oxygens (including phenoxy) is 1. The third-order valence-corrected chi connectivity index (χ3v) is 3.60. The van der Waals surface area contributed by atoms with Gasteiger partial charge in [0.25, 0.3) is 0 Å². The summed E-state index contributed by atoms with van der Waals surface area (Å²) in [5, 5.41) is 0. The van der Waals surface area contributed by atoms with Crippen LogP contribution in [0.1, 0.15) is 54.4 Å². The molecule has 0 bridgehead atoms. The van der Waals surface area contributed by atoms with Crippen molar-refractivity contribution in [3.8, 4) is 0 Å². The maximum Gasteiger partial charge on any atom is 0.419 e. The Kier molecular flexibility index (Phi) is 4.85. The number of halogens is 4. The highest BCUT2D eigenvalue weighted by molar-refractivity contribution is 5.90. The minimum atomic E-state index is -4.83. The van der Waals surface area contributed by atoms with Gasteiger partial charge in [-0.3, -0.25) is 0 Å². The molecule has 0 atom stereocenters. The number of rotatable bonds is 2. The zero-order chi connectivity index (χ0) is 15.5. The van der Waals surface area contributed by atoms with Crippen molar-refractivity contribution in [3.63, 3.8) is 0 Å². The predicted octanol–water partition coefficient (Wildman–Crippen LogP) is 4.72. The molecule has 0 spiro atoms. The van der Waals surface area contributed by atoms with E-state index < -0.39 is 29.1 Å². The molecule has 0 aliphatic heterocycles. The number of esters is 1. The standard InChI is InChI=1S/C15H16F4O2/c16-13-11(8-5-9-12(13)15(17,18)19)14(20)21-10-6-3-1-2-4-7-10/h5,8-10H,1-4,6-7H2. The largest absolute Gasteiger partial charge is 0.459 e. The zero-order valence-corrected chi connectivity index (χ0v) is 11.4. The van der Waals surface area contributed by atoms with E-state index in [1.165, 1.54) is 0 Å². The lowest BCUT2D eigenvalue weighted by molar-refractivity contribution is -0.140. The molecule has 6 heteroatoms. The smallest absolute Gasteiger partial charge is 0.419 e. The van der Waals surface area contributed by atoms with Gasteiger partial charge in [-0.25, -0.2) is 9.18 Å². The Bertz CT molecular complexity index is 503. The topological polar surface area (TPSA) is 26.3 Å². The quantitative estimate of drug-likeness (QED) is 0.449. The van der Waals surface area contributed by atoms with E-state index in [0.717, 1.165) is 37.8 Å². The number of alkyl halides is 3. The van der Waals surface area contributed by atoms with Crippen LogP contribution < -0.4 is 0 Å². The molecule has 116 valence electrons. The molecule has 1 aromatic rings. The zero-order valence-electron chi connectivity index (χ0n) is 11.4.